The molecule has 2 aliphatic heterocycles. The summed E-state index contributed by atoms with van der Waals surface area (Å²) >= 11 is 0. The number of benzene rings is 2. The Balaban J connectivity index is 1.31. The third-order valence-corrected chi connectivity index (χ3v) is 5.76. The molecule has 0 aromatic heterocycles. The van der Waals surface area contributed by atoms with Crippen LogP contribution in [0.15, 0.2) is 53.6 Å². The number of hydrazine groups is 1. The maximum atomic E-state index is 12.9. The summed E-state index contributed by atoms with van der Waals surface area (Å²) in [4.78, 5) is 25.2. The lowest BCUT2D eigenvalue weighted by molar-refractivity contribution is -0.140. The smallest absolute Gasteiger partial charge is 0.267 e. The Bertz CT molecular complexity index is 959. The summed E-state index contributed by atoms with van der Waals surface area (Å²) in [6, 6.07) is 16.0. The Labute approximate surface area is 176 Å². The van der Waals surface area contributed by atoms with Crippen molar-refractivity contribution in [2.45, 2.75) is 38.8 Å². The van der Waals surface area contributed by atoms with E-state index in [2.05, 4.69) is 47.9 Å². The van der Waals surface area contributed by atoms with Gasteiger partial charge in [-0.25, -0.2) is 10.4 Å². The quantitative estimate of drug-likeness (QED) is 0.771. The summed E-state index contributed by atoms with van der Waals surface area (Å²) in [5.41, 5.74) is 8.14. The Morgan fingerprint density at radius 3 is 2.73 bits per heavy atom. The van der Waals surface area contributed by atoms with Crippen molar-refractivity contribution in [2.75, 3.05) is 13.1 Å². The second-order valence-corrected chi connectivity index (χ2v) is 7.90. The fourth-order valence-electron chi connectivity index (χ4n) is 3.83. The fraction of sp³-hybridized carbons (Fsp3) is 0.348. The van der Waals surface area contributed by atoms with Gasteiger partial charge in [-0.2, -0.15) is 5.10 Å². The van der Waals surface area contributed by atoms with Crippen LogP contribution in [0.4, 0.5) is 0 Å². The minimum absolute atomic E-state index is 0.0457. The van der Waals surface area contributed by atoms with Crippen LogP contribution in [0.2, 0.25) is 0 Å². The molecule has 2 atom stereocenters. The molecule has 0 radical (unpaired) electrons. The largest absolute Gasteiger partial charge is 0.354 e. The van der Waals surface area contributed by atoms with E-state index in [9.17, 15) is 9.59 Å². The predicted molar refractivity (Wildman–Crippen MR) is 115 cm³/mol. The number of amides is 2. The van der Waals surface area contributed by atoms with Gasteiger partial charge in [0.15, 0.2) is 0 Å². The van der Waals surface area contributed by atoms with Gasteiger partial charge in [0.25, 0.3) is 5.91 Å². The first-order chi connectivity index (χ1) is 14.5. The average Bonchev–Trinajstić information content (AvgIpc) is 3.18. The van der Waals surface area contributed by atoms with Crippen LogP contribution < -0.4 is 10.7 Å². The van der Waals surface area contributed by atoms with Crippen LogP contribution in [-0.2, 0) is 16.0 Å². The molecule has 0 aliphatic carbocycles. The van der Waals surface area contributed by atoms with E-state index in [0.717, 1.165) is 17.5 Å². The normalized spacial score (nSPS) is 20.4. The molecule has 1 fully saturated rings. The van der Waals surface area contributed by atoms with Gasteiger partial charge in [-0.15, -0.1) is 0 Å². The van der Waals surface area contributed by atoms with Crippen LogP contribution in [0.1, 0.15) is 34.7 Å². The van der Waals surface area contributed by atoms with E-state index in [0.29, 0.717) is 13.0 Å². The summed E-state index contributed by atoms with van der Waals surface area (Å²) in [6.07, 6.45) is 2.99. The lowest BCUT2D eigenvalue weighted by Gasteiger charge is -2.29. The number of nitrogens with zero attached hydrogens (tertiary/aromatic N) is 3. The predicted octanol–water partition coefficient (Wildman–Crippen LogP) is 2.07. The van der Waals surface area contributed by atoms with E-state index >= 15 is 0 Å². The average molecular weight is 406 g/mol. The summed E-state index contributed by atoms with van der Waals surface area (Å²) < 4.78 is 0. The molecule has 2 aromatic carbocycles. The zero-order valence-corrected chi connectivity index (χ0v) is 17.3. The maximum absolute atomic E-state index is 12.9. The van der Waals surface area contributed by atoms with Crippen molar-refractivity contribution in [1.29, 1.82) is 0 Å². The van der Waals surface area contributed by atoms with Gasteiger partial charge in [0.2, 0.25) is 5.91 Å². The molecule has 156 valence electrons. The summed E-state index contributed by atoms with van der Waals surface area (Å²) in [6.45, 7) is 4.64. The SMILES string of the molecule is Cc1ccc(C2CC3C(=O)N(CC(=O)NCCc4ccccc4)N=CN3N2)cc1C. The van der Waals surface area contributed by atoms with Crippen LogP contribution in [0.5, 0.6) is 0 Å². The van der Waals surface area contributed by atoms with Crippen LogP contribution in [-0.4, -0.2) is 47.3 Å². The molecule has 7 heteroatoms. The summed E-state index contributed by atoms with van der Waals surface area (Å²) in [7, 11) is 0. The molecule has 2 amide bonds. The summed E-state index contributed by atoms with van der Waals surface area (Å²) in [5, 5.41) is 10.1. The van der Waals surface area contributed by atoms with Crippen LogP contribution in [0.25, 0.3) is 0 Å². The molecule has 30 heavy (non-hydrogen) atoms. The van der Waals surface area contributed by atoms with Crippen molar-refractivity contribution in [3.05, 3.63) is 70.8 Å². The van der Waals surface area contributed by atoms with Crippen LogP contribution >= 0.6 is 0 Å². The molecular weight excluding hydrogens is 378 g/mol. The summed E-state index contributed by atoms with van der Waals surface area (Å²) in [5.74, 6) is -0.365. The van der Waals surface area contributed by atoms with Crippen molar-refractivity contribution in [3.63, 3.8) is 0 Å². The van der Waals surface area contributed by atoms with Crippen molar-refractivity contribution in [1.82, 2.24) is 20.8 Å². The molecule has 0 saturated carbocycles. The van der Waals surface area contributed by atoms with Gasteiger partial charge < -0.3 is 5.32 Å². The number of carbonyl (C=O) groups is 2. The highest BCUT2D eigenvalue weighted by atomic mass is 16.2. The van der Waals surface area contributed by atoms with E-state index in [1.807, 2.05) is 30.3 Å². The molecule has 2 N–H and O–H groups in total. The first-order valence-electron chi connectivity index (χ1n) is 10.3. The lowest BCUT2D eigenvalue weighted by atomic mass is 9.98. The molecular formula is C23H27N5O2. The van der Waals surface area contributed by atoms with E-state index < -0.39 is 0 Å². The first-order valence-corrected chi connectivity index (χ1v) is 10.3. The number of aryl methyl sites for hydroxylation is 2. The molecule has 2 aliphatic rings. The van der Waals surface area contributed by atoms with Gasteiger partial charge in [0, 0.05) is 6.54 Å². The van der Waals surface area contributed by atoms with Gasteiger partial charge in [-0.3, -0.25) is 14.6 Å². The number of carbonyl (C=O) groups excluding carboxylic acids is 2. The molecule has 2 heterocycles. The molecule has 4 rings (SSSR count). The van der Waals surface area contributed by atoms with E-state index in [1.165, 1.54) is 16.1 Å². The number of hydrogen-bond donors (Lipinski definition) is 2. The monoisotopic (exact) mass is 405 g/mol. The van der Waals surface area contributed by atoms with E-state index in [4.69, 9.17) is 0 Å². The van der Waals surface area contributed by atoms with Crippen molar-refractivity contribution >= 4 is 18.2 Å². The molecule has 2 aromatic rings. The first kappa shape index (κ1) is 20.1. The second-order valence-electron chi connectivity index (χ2n) is 7.90. The van der Waals surface area contributed by atoms with Gasteiger partial charge in [0.1, 0.15) is 18.9 Å². The Hall–Kier alpha value is -3.19. The number of nitrogens with one attached hydrogen (secondary N) is 2. The Morgan fingerprint density at radius 2 is 1.97 bits per heavy atom. The minimum atomic E-state index is -0.355. The van der Waals surface area contributed by atoms with Crippen LogP contribution in [0, 0.1) is 13.8 Å². The number of fused-ring (bicyclic) bond motifs is 1. The van der Waals surface area contributed by atoms with Gasteiger partial charge in [-0.05, 0) is 48.9 Å². The van der Waals surface area contributed by atoms with Gasteiger partial charge in [-0.1, -0.05) is 48.5 Å². The number of hydrogen-bond acceptors (Lipinski definition) is 5. The van der Waals surface area contributed by atoms with Crippen LogP contribution in [0.3, 0.4) is 0 Å². The third kappa shape index (κ3) is 4.36. The van der Waals surface area contributed by atoms with Crippen molar-refractivity contribution < 1.29 is 9.59 Å². The van der Waals surface area contributed by atoms with E-state index in [-0.39, 0.29) is 30.4 Å². The second kappa shape index (κ2) is 8.67. The van der Waals surface area contributed by atoms with Gasteiger partial charge in [0.05, 0.1) is 6.04 Å². The molecule has 2 unspecified atom stereocenters. The highest BCUT2D eigenvalue weighted by Gasteiger charge is 2.41. The number of rotatable bonds is 6. The highest BCUT2D eigenvalue weighted by Crippen LogP contribution is 2.30. The van der Waals surface area contributed by atoms with Gasteiger partial charge >= 0.3 is 0 Å². The third-order valence-electron chi connectivity index (χ3n) is 5.76. The zero-order chi connectivity index (χ0) is 21.1. The topological polar surface area (TPSA) is 77.0 Å². The lowest BCUT2D eigenvalue weighted by Crippen LogP contribution is -2.52. The van der Waals surface area contributed by atoms with E-state index in [1.54, 1.807) is 11.3 Å². The Morgan fingerprint density at radius 1 is 1.17 bits per heavy atom. The number of hydrazone groups is 1. The molecule has 1 saturated heterocycles. The molecule has 0 bridgehead atoms. The highest BCUT2D eigenvalue weighted by molar-refractivity contribution is 5.91. The zero-order valence-electron chi connectivity index (χ0n) is 17.3. The minimum Gasteiger partial charge on any atom is -0.354 e. The fourth-order valence-corrected chi connectivity index (χ4v) is 3.83. The molecule has 7 nitrogen and oxygen atoms in total. The maximum Gasteiger partial charge on any atom is 0.267 e. The van der Waals surface area contributed by atoms with Crippen molar-refractivity contribution in [3.8, 4) is 0 Å². The Kier molecular flexibility index (Phi) is 5.81. The standard InChI is InChI=1S/C23H27N5O2/c1-16-8-9-19(12-17(16)2)20-13-21-23(30)27(25-15-28(21)26-20)14-22(29)24-11-10-18-6-4-3-5-7-18/h3-9,12,15,20-21,26H,10-11,13-14H2,1-2H3,(H,24,29). The van der Waals surface area contributed by atoms with Crippen molar-refractivity contribution in [2.24, 2.45) is 5.10 Å². The molecule has 0 spiro atoms.